The highest BCUT2D eigenvalue weighted by molar-refractivity contribution is 5.83. The Morgan fingerprint density at radius 3 is 2.30 bits per heavy atom. The molecule has 0 N–H and O–H groups in total. The second kappa shape index (κ2) is 6.04. The van der Waals surface area contributed by atoms with Gasteiger partial charge in [0.25, 0.3) is 0 Å². The first-order valence-corrected chi connectivity index (χ1v) is 7.01. The molecule has 0 atom stereocenters. The summed E-state index contributed by atoms with van der Waals surface area (Å²) in [5.74, 6) is 1.80. The lowest BCUT2D eigenvalue weighted by atomic mass is 10.1. The molecule has 0 bridgehead atoms. The number of rotatable bonds is 4. The fourth-order valence-electron chi connectivity index (χ4n) is 2.42. The van der Waals surface area contributed by atoms with Gasteiger partial charge in [0, 0.05) is 11.6 Å². The van der Waals surface area contributed by atoms with Crippen LogP contribution in [-0.4, -0.2) is 21.3 Å². The van der Waals surface area contributed by atoms with Gasteiger partial charge in [-0.15, -0.1) is 0 Å². The molecule has 118 valence electrons. The van der Waals surface area contributed by atoms with Gasteiger partial charge < -0.3 is 18.6 Å². The Bertz CT molecular complexity index is 911. The molecule has 0 aliphatic rings. The molecule has 5 nitrogen and oxygen atoms in total. The van der Waals surface area contributed by atoms with Crippen LogP contribution in [0, 0.1) is 0 Å². The molecule has 0 fully saturated rings. The molecule has 3 aromatic rings. The van der Waals surface area contributed by atoms with E-state index in [0.717, 1.165) is 0 Å². The molecule has 0 saturated carbocycles. The fourth-order valence-corrected chi connectivity index (χ4v) is 2.42. The van der Waals surface area contributed by atoms with Crippen molar-refractivity contribution in [1.82, 2.24) is 0 Å². The third-order valence-corrected chi connectivity index (χ3v) is 3.59. The molecular formula is C18H16O5. The van der Waals surface area contributed by atoms with Gasteiger partial charge in [0.15, 0.2) is 5.76 Å². The summed E-state index contributed by atoms with van der Waals surface area (Å²) in [6.07, 6.45) is 0. The van der Waals surface area contributed by atoms with Crippen LogP contribution in [0.15, 0.2) is 51.7 Å². The van der Waals surface area contributed by atoms with Crippen molar-refractivity contribution in [2.75, 3.05) is 21.3 Å². The molecule has 0 aliphatic heterocycles. The van der Waals surface area contributed by atoms with E-state index in [0.29, 0.717) is 33.8 Å². The van der Waals surface area contributed by atoms with Crippen molar-refractivity contribution in [1.29, 1.82) is 0 Å². The Labute approximate surface area is 133 Å². The molecular weight excluding hydrogens is 296 g/mol. The zero-order valence-corrected chi connectivity index (χ0v) is 13.1. The van der Waals surface area contributed by atoms with E-state index in [-0.39, 0.29) is 11.2 Å². The van der Waals surface area contributed by atoms with E-state index >= 15 is 0 Å². The van der Waals surface area contributed by atoms with E-state index < -0.39 is 0 Å². The summed E-state index contributed by atoms with van der Waals surface area (Å²) < 4.78 is 21.6. The monoisotopic (exact) mass is 312 g/mol. The van der Waals surface area contributed by atoms with Gasteiger partial charge in [0.2, 0.25) is 11.2 Å². The molecule has 0 amide bonds. The van der Waals surface area contributed by atoms with Gasteiger partial charge in [-0.05, 0) is 24.3 Å². The van der Waals surface area contributed by atoms with Crippen molar-refractivity contribution < 1.29 is 18.6 Å². The van der Waals surface area contributed by atoms with Crippen LogP contribution in [-0.2, 0) is 0 Å². The van der Waals surface area contributed by atoms with Crippen LogP contribution in [0.2, 0.25) is 0 Å². The number of hydrogen-bond donors (Lipinski definition) is 0. The first-order valence-electron chi connectivity index (χ1n) is 7.01. The van der Waals surface area contributed by atoms with E-state index in [1.807, 2.05) is 18.2 Å². The van der Waals surface area contributed by atoms with E-state index in [2.05, 4.69) is 0 Å². The summed E-state index contributed by atoms with van der Waals surface area (Å²) in [7, 11) is 4.59. The molecule has 0 saturated heterocycles. The normalized spacial score (nSPS) is 10.6. The van der Waals surface area contributed by atoms with Crippen molar-refractivity contribution in [3.63, 3.8) is 0 Å². The van der Waals surface area contributed by atoms with Gasteiger partial charge in [0.05, 0.1) is 26.7 Å². The largest absolute Gasteiger partial charge is 0.497 e. The Morgan fingerprint density at radius 2 is 1.61 bits per heavy atom. The maximum atomic E-state index is 12.7. The van der Waals surface area contributed by atoms with Crippen molar-refractivity contribution in [3.8, 4) is 28.6 Å². The van der Waals surface area contributed by atoms with E-state index in [4.69, 9.17) is 18.6 Å². The van der Waals surface area contributed by atoms with Gasteiger partial charge in [0.1, 0.15) is 17.1 Å². The second-order valence-electron chi connectivity index (χ2n) is 4.89. The molecule has 5 heteroatoms. The van der Waals surface area contributed by atoms with E-state index in [9.17, 15) is 4.79 Å². The summed E-state index contributed by atoms with van der Waals surface area (Å²) in [5, 5.41) is 0.439. The summed E-state index contributed by atoms with van der Waals surface area (Å²) >= 11 is 0. The van der Waals surface area contributed by atoms with Crippen LogP contribution in [0.1, 0.15) is 0 Å². The van der Waals surface area contributed by atoms with Crippen LogP contribution in [0.25, 0.3) is 22.3 Å². The maximum absolute atomic E-state index is 12.7. The fraction of sp³-hybridized carbons (Fsp3) is 0.167. The Morgan fingerprint density at radius 1 is 0.870 bits per heavy atom. The lowest BCUT2D eigenvalue weighted by molar-refractivity contribution is 0.397. The van der Waals surface area contributed by atoms with Gasteiger partial charge in [-0.2, -0.15) is 0 Å². The molecule has 0 aliphatic carbocycles. The summed E-state index contributed by atoms with van der Waals surface area (Å²) in [6.45, 7) is 0. The molecule has 2 aromatic carbocycles. The molecule has 0 spiro atoms. The SMILES string of the molecule is COc1cccc(-c2oc3cc(OC)ccc3c(=O)c2OC)c1. The van der Waals surface area contributed by atoms with Crippen molar-refractivity contribution >= 4 is 11.0 Å². The topological polar surface area (TPSA) is 57.9 Å². The average molecular weight is 312 g/mol. The number of ether oxygens (including phenoxy) is 3. The smallest absolute Gasteiger partial charge is 0.235 e. The van der Waals surface area contributed by atoms with Gasteiger partial charge >= 0.3 is 0 Å². The minimum Gasteiger partial charge on any atom is -0.497 e. The molecule has 0 unspecified atom stereocenters. The van der Waals surface area contributed by atoms with Crippen LogP contribution >= 0.6 is 0 Å². The number of hydrogen-bond acceptors (Lipinski definition) is 5. The average Bonchev–Trinajstić information content (AvgIpc) is 2.61. The highest BCUT2D eigenvalue weighted by Crippen LogP contribution is 2.33. The molecule has 3 rings (SSSR count). The first kappa shape index (κ1) is 15.0. The lowest BCUT2D eigenvalue weighted by Gasteiger charge is -2.10. The van der Waals surface area contributed by atoms with Crippen molar-refractivity contribution in [3.05, 3.63) is 52.7 Å². The maximum Gasteiger partial charge on any atom is 0.235 e. The molecule has 1 aromatic heterocycles. The minimum absolute atomic E-state index is 0.163. The van der Waals surface area contributed by atoms with Crippen LogP contribution < -0.4 is 19.6 Å². The first-order chi connectivity index (χ1) is 11.2. The number of benzene rings is 2. The molecule has 23 heavy (non-hydrogen) atoms. The second-order valence-corrected chi connectivity index (χ2v) is 4.89. The summed E-state index contributed by atoms with van der Waals surface area (Å²) in [4.78, 5) is 12.7. The van der Waals surface area contributed by atoms with E-state index in [1.165, 1.54) is 7.11 Å². The molecule has 1 heterocycles. The Hall–Kier alpha value is -2.95. The highest BCUT2D eigenvalue weighted by atomic mass is 16.5. The zero-order valence-electron chi connectivity index (χ0n) is 13.1. The van der Waals surface area contributed by atoms with Gasteiger partial charge in [-0.1, -0.05) is 12.1 Å². The predicted molar refractivity (Wildman–Crippen MR) is 87.6 cm³/mol. The lowest BCUT2D eigenvalue weighted by Crippen LogP contribution is -2.07. The summed E-state index contributed by atoms with van der Waals surface area (Å²) in [5.41, 5.74) is 0.908. The van der Waals surface area contributed by atoms with Gasteiger partial charge in [-0.3, -0.25) is 4.79 Å². The van der Waals surface area contributed by atoms with Crippen LogP contribution in [0.4, 0.5) is 0 Å². The Balaban J connectivity index is 2.32. The predicted octanol–water partition coefficient (Wildman–Crippen LogP) is 3.49. The Kier molecular flexibility index (Phi) is 3.93. The van der Waals surface area contributed by atoms with Crippen LogP contribution in [0.5, 0.6) is 17.2 Å². The van der Waals surface area contributed by atoms with Gasteiger partial charge in [-0.25, -0.2) is 0 Å². The zero-order chi connectivity index (χ0) is 16.4. The summed E-state index contributed by atoms with van der Waals surface area (Å²) in [6, 6.07) is 12.3. The third kappa shape index (κ3) is 2.61. The number of methoxy groups -OCH3 is 3. The third-order valence-electron chi connectivity index (χ3n) is 3.59. The van der Waals surface area contributed by atoms with Crippen molar-refractivity contribution in [2.24, 2.45) is 0 Å². The molecule has 0 radical (unpaired) electrons. The highest BCUT2D eigenvalue weighted by Gasteiger charge is 2.17. The number of fused-ring (bicyclic) bond motifs is 1. The van der Waals surface area contributed by atoms with Crippen molar-refractivity contribution in [2.45, 2.75) is 0 Å². The van der Waals surface area contributed by atoms with E-state index in [1.54, 1.807) is 38.5 Å². The van der Waals surface area contributed by atoms with Crippen LogP contribution in [0.3, 0.4) is 0 Å². The minimum atomic E-state index is -0.228. The standard InChI is InChI=1S/C18H16O5/c1-20-12-6-4-5-11(9-12)17-18(22-3)16(19)14-8-7-13(21-2)10-15(14)23-17/h4-10H,1-3H3. The quantitative estimate of drug-likeness (QED) is 0.738.